The second-order valence-corrected chi connectivity index (χ2v) is 5.75. The number of nitrogens with zero attached hydrogens (tertiary/aromatic N) is 4. The molecule has 1 aliphatic heterocycles. The largest absolute Gasteiger partial charge is 0.371 e. The number of nitrogens with one attached hydrogen (secondary N) is 1. The van der Waals surface area contributed by atoms with Crippen LogP contribution in [0.3, 0.4) is 0 Å². The Balaban J connectivity index is 1.58. The van der Waals surface area contributed by atoms with Crippen LogP contribution in [0.25, 0.3) is 5.69 Å². The molecular weight excluding hydrogens is 328 g/mol. The third-order valence-corrected chi connectivity index (χ3v) is 4.15. The second kappa shape index (κ2) is 6.56. The van der Waals surface area contributed by atoms with Crippen molar-refractivity contribution in [3.63, 3.8) is 0 Å². The number of ether oxygens (including phenoxy) is 1. The summed E-state index contributed by atoms with van der Waals surface area (Å²) in [6.45, 7) is 0.508. The maximum absolute atomic E-state index is 13.5. The van der Waals surface area contributed by atoms with Gasteiger partial charge in [0.2, 0.25) is 5.95 Å². The highest BCUT2D eigenvalue weighted by Gasteiger charge is 2.31. The molecule has 0 radical (unpaired) electrons. The molecule has 0 saturated carbocycles. The number of hydrogen-bond donors (Lipinski definition) is 1. The van der Waals surface area contributed by atoms with E-state index in [2.05, 4.69) is 20.8 Å². The predicted octanol–water partition coefficient (Wildman–Crippen LogP) is 2.88. The molecule has 1 aliphatic rings. The normalized spacial score (nSPS) is 19.9. The first-order valence-corrected chi connectivity index (χ1v) is 7.89. The average Bonchev–Trinajstić information content (AvgIpc) is 3.28. The van der Waals surface area contributed by atoms with Gasteiger partial charge in [-0.15, -0.1) is 0 Å². The smallest absolute Gasteiger partial charge is 0.248 e. The molecule has 2 atom stereocenters. The maximum Gasteiger partial charge on any atom is 0.248 e. The molecule has 1 saturated heterocycles. The highest BCUT2D eigenvalue weighted by Crippen LogP contribution is 2.32. The zero-order chi connectivity index (χ0) is 17.2. The van der Waals surface area contributed by atoms with Crippen LogP contribution in [-0.2, 0) is 4.74 Å². The highest BCUT2D eigenvalue weighted by atomic mass is 19.2. The third-order valence-electron chi connectivity index (χ3n) is 4.15. The fourth-order valence-corrected chi connectivity index (χ4v) is 2.94. The molecule has 8 heteroatoms. The van der Waals surface area contributed by atoms with E-state index in [0.717, 1.165) is 11.8 Å². The molecule has 1 N–H and O–H groups in total. The zero-order valence-corrected chi connectivity index (χ0v) is 13.1. The van der Waals surface area contributed by atoms with Crippen molar-refractivity contribution in [2.75, 3.05) is 11.9 Å². The van der Waals surface area contributed by atoms with Crippen LogP contribution in [0.5, 0.6) is 0 Å². The monoisotopic (exact) mass is 343 g/mol. The molecule has 0 spiro atoms. The summed E-state index contributed by atoms with van der Waals surface area (Å²) in [6.07, 6.45) is 0.293. The van der Waals surface area contributed by atoms with E-state index >= 15 is 0 Å². The molecule has 3 aromatic rings. The number of hydrogen-bond acceptors (Lipinski definition) is 5. The molecule has 1 aromatic heterocycles. The second-order valence-electron chi connectivity index (χ2n) is 5.75. The SMILES string of the molecule is Fc1ccc(C2OCCC2Nc2nnnn2-c2ccccc2)cc1F. The van der Waals surface area contributed by atoms with Gasteiger partial charge in [-0.05, 0) is 46.7 Å². The molecule has 0 amide bonds. The lowest BCUT2D eigenvalue weighted by molar-refractivity contribution is 0.107. The van der Waals surface area contributed by atoms with Gasteiger partial charge in [-0.3, -0.25) is 0 Å². The molecule has 128 valence electrons. The molecule has 2 unspecified atom stereocenters. The Morgan fingerprint density at radius 1 is 1.08 bits per heavy atom. The Labute approximate surface area is 142 Å². The maximum atomic E-state index is 13.5. The van der Waals surface area contributed by atoms with E-state index in [-0.39, 0.29) is 6.04 Å². The first-order chi connectivity index (χ1) is 12.2. The van der Waals surface area contributed by atoms with Crippen molar-refractivity contribution in [3.8, 4) is 5.69 Å². The lowest BCUT2D eigenvalue weighted by atomic mass is 10.0. The zero-order valence-electron chi connectivity index (χ0n) is 13.1. The molecule has 2 heterocycles. The molecule has 4 rings (SSSR count). The summed E-state index contributed by atoms with van der Waals surface area (Å²) in [6, 6.07) is 13.1. The minimum atomic E-state index is -0.888. The van der Waals surface area contributed by atoms with Gasteiger partial charge in [-0.1, -0.05) is 29.4 Å². The number of tetrazole rings is 1. The van der Waals surface area contributed by atoms with Crippen molar-refractivity contribution in [3.05, 3.63) is 65.7 Å². The number of aromatic nitrogens is 4. The van der Waals surface area contributed by atoms with Gasteiger partial charge in [0.15, 0.2) is 11.6 Å². The summed E-state index contributed by atoms with van der Waals surface area (Å²) in [7, 11) is 0. The standard InChI is InChI=1S/C17H15F2N5O/c18-13-7-6-11(10-14(13)19)16-15(8-9-25-16)20-17-21-22-23-24(17)12-4-2-1-3-5-12/h1-7,10,15-16H,8-9H2,(H,20,21,23). The summed E-state index contributed by atoms with van der Waals surface area (Å²) in [5, 5.41) is 15.0. The van der Waals surface area contributed by atoms with E-state index in [1.807, 2.05) is 30.3 Å². The first kappa shape index (κ1) is 15.6. The fourth-order valence-electron chi connectivity index (χ4n) is 2.94. The van der Waals surface area contributed by atoms with E-state index in [0.29, 0.717) is 24.5 Å². The quantitative estimate of drug-likeness (QED) is 0.789. The fraction of sp³-hybridized carbons (Fsp3) is 0.235. The first-order valence-electron chi connectivity index (χ1n) is 7.89. The number of halogens is 2. The Morgan fingerprint density at radius 2 is 1.92 bits per heavy atom. The Hall–Kier alpha value is -2.87. The van der Waals surface area contributed by atoms with Gasteiger partial charge >= 0.3 is 0 Å². The summed E-state index contributed by atoms with van der Waals surface area (Å²) in [5.74, 6) is -1.30. The summed E-state index contributed by atoms with van der Waals surface area (Å²) in [5.41, 5.74) is 1.39. The summed E-state index contributed by atoms with van der Waals surface area (Å²) in [4.78, 5) is 0. The van der Waals surface area contributed by atoms with Crippen LogP contribution in [0.15, 0.2) is 48.5 Å². The van der Waals surface area contributed by atoms with Crippen molar-refractivity contribution in [2.45, 2.75) is 18.6 Å². The van der Waals surface area contributed by atoms with Gasteiger partial charge in [0.1, 0.15) is 6.10 Å². The lowest BCUT2D eigenvalue weighted by Crippen LogP contribution is -2.25. The molecule has 25 heavy (non-hydrogen) atoms. The van der Waals surface area contributed by atoms with E-state index < -0.39 is 17.7 Å². The van der Waals surface area contributed by atoms with Crippen molar-refractivity contribution >= 4 is 5.95 Å². The van der Waals surface area contributed by atoms with Crippen LogP contribution >= 0.6 is 0 Å². The van der Waals surface area contributed by atoms with E-state index in [4.69, 9.17) is 4.74 Å². The topological polar surface area (TPSA) is 64.9 Å². The Kier molecular flexibility index (Phi) is 4.10. The summed E-state index contributed by atoms with van der Waals surface area (Å²) < 4.78 is 34.0. The van der Waals surface area contributed by atoms with Crippen LogP contribution in [0, 0.1) is 11.6 Å². The van der Waals surface area contributed by atoms with Crippen molar-refractivity contribution < 1.29 is 13.5 Å². The van der Waals surface area contributed by atoms with Crippen molar-refractivity contribution in [1.82, 2.24) is 20.2 Å². The van der Waals surface area contributed by atoms with Gasteiger partial charge < -0.3 is 10.1 Å². The van der Waals surface area contributed by atoms with Crippen LogP contribution in [-0.4, -0.2) is 32.9 Å². The van der Waals surface area contributed by atoms with Crippen molar-refractivity contribution in [1.29, 1.82) is 0 Å². The molecule has 1 fully saturated rings. The van der Waals surface area contributed by atoms with Crippen molar-refractivity contribution in [2.24, 2.45) is 0 Å². The number of anilines is 1. The predicted molar refractivity (Wildman–Crippen MR) is 86.2 cm³/mol. The van der Waals surface area contributed by atoms with E-state index in [1.165, 1.54) is 12.1 Å². The molecular formula is C17H15F2N5O. The van der Waals surface area contributed by atoms with Crippen LogP contribution < -0.4 is 5.32 Å². The number of para-hydroxylation sites is 1. The van der Waals surface area contributed by atoms with Crippen LogP contribution in [0.1, 0.15) is 18.1 Å². The lowest BCUT2D eigenvalue weighted by Gasteiger charge is -2.20. The molecule has 6 nitrogen and oxygen atoms in total. The molecule has 2 aromatic carbocycles. The minimum Gasteiger partial charge on any atom is -0.371 e. The van der Waals surface area contributed by atoms with E-state index in [1.54, 1.807) is 4.68 Å². The van der Waals surface area contributed by atoms with Gasteiger partial charge in [0, 0.05) is 6.61 Å². The van der Waals surface area contributed by atoms with E-state index in [9.17, 15) is 8.78 Å². The van der Waals surface area contributed by atoms with Gasteiger partial charge in [-0.25, -0.2) is 8.78 Å². The Morgan fingerprint density at radius 3 is 2.72 bits per heavy atom. The number of rotatable bonds is 4. The molecule has 0 bridgehead atoms. The van der Waals surface area contributed by atoms with Crippen LogP contribution in [0.4, 0.5) is 14.7 Å². The minimum absolute atomic E-state index is 0.154. The van der Waals surface area contributed by atoms with Crippen LogP contribution in [0.2, 0.25) is 0 Å². The number of benzene rings is 2. The Bertz CT molecular complexity index is 870. The van der Waals surface area contributed by atoms with Gasteiger partial charge in [0.05, 0.1) is 11.7 Å². The molecule has 0 aliphatic carbocycles. The summed E-state index contributed by atoms with van der Waals surface area (Å²) >= 11 is 0. The third kappa shape index (κ3) is 3.08. The van der Waals surface area contributed by atoms with Gasteiger partial charge in [-0.2, -0.15) is 4.68 Å². The van der Waals surface area contributed by atoms with Gasteiger partial charge in [0.25, 0.3) is 0 Å². The highest BCUT2D eigenvalue weighted by molar-refractivity contribution is 5.40. The average molecular weight is 343 g/mol.